The molecule has 26 heavy (non-hydrogen) atoms. The lowest BCUT2D eigenvalue weighted by atomic mass is 9.82. The summed E-state index contributed by atoms with van der Waals surface area (Å²) in [7, 11) is -3.14. The van der Waals surface area contributed by atoms with Crippen molar-refractivity contribution in [1.29, 1.82) is 0 Å². The number of piperazine rings is 1. The van der Waals surface area contributed by atoms with E-state index in [2.05, 4.69) is 10.3 Å². The van der Waals surface area contributed by atoms with Crippen molar-refractivity contribution in [3.8, 4) is 0 Å². The molecule has 2 aliphatic rings. The maximum atomic E-state index is 12.5. The highest BCUT2D eigenvalue weighted by Crippen LogP contribution is 2.27. The number of hydrogen-bond acceptors (Lipinski definition) is 6. The highest BCUT2D eigenvalue weighted by molar-refractivity contribution is 7.88. The van der Waals surface area contributed by atoms with Gasteiger partial charge in [0, 0.05) is 26.2 Å². The van der Waals surface area contributed by atoms with E-state index < -0.39 is 15.6 Å². The molecule has 9 heteroatoms. The Bertz CT molecular complexity index is 736. The van der Waals surface area contributed by atoms with Crippen molar-refractivity contribution < 1.29 is 13.2 Å². The molecule has 1 amide bonds. The molecule has 2 fully saturated rings. The number of hydrogen-bond donors (Lipinski definition) is 2. The zero-order valence-electron chi connectivity index (χ0n) is 15.1. The van der Waals surface area contributed by atoms with E-state index in [0.29, 0.717) is 31.9 Å². The van der Waals surface area contributed by atoms with Crippen molar-refractivity contribution >= 4 is 27.4 Å². The van der Waals surface area contributed by atoms with Crippen molar-refractivity contribution in [2.75, 3.05) is 42.7 Å². The zero-order valence-corrected chi connectivity index (χ0v) is 16.0. The predicted molar refractivity (Wildman–Crippen MR) is 101 cm³/mol. The molecule has 2 heterocycles. The number of sulfonamides is 1. The quantitative estimate of drug-likeness (QED) is 0.797. The first-order valence-electron chi connectivity index (χ1n) is 9.04. The topological polar surface area (TPSA) is 109 Å². The van der Waals surface area contributed by atoms with Gasteiger partial charge in [-0.3, -0.25) is 4.79 Å². The fourth-order valence-electron chi connectivity index (χ4n) is 3.56. The van der Waals surface area contributed by atoms with Crippen molar-refractivity contribution in [1.82, 2.24) is 9.29 Å². The van der Waals surface area contributed by atoms with Gasteiger partial charge in [-0.1, -0.05) is 19.3 Å². The maximum Gasteiger partial charge on any atom is 0.244 e. The fourth-order valence-corrected chi connectivity index (χ4v) is 4.39. The lowest BCUT2D eigenvalue weighted by Crippen LogP contribution is -2.52. The van der Waals surface area contributed by atoms with Crippen molar-refractivity contribution in [3.63, 3.8) is 0 Å². The van der Waals surface area contributed by atoms with Gasteiger partial charge >= 0.3 is 0 Å². The van der Waals surface area contributed by atoms with Crippen LogP contribution in [-0.2, 0) is 14.8 Å². The van der Waals surface area contributed by atoms with Crippen molar-refractivity contribution in [2.45, 2.75) is 37.6 Å². The summed E-state index contributed by atoms with van der Waals surface area (Å²) in [5.74, 6) is 0.629. The monoisotopic (exact) mass is 381 g/mol. The predicted octanol–water partition coefficient (Wildman–Crippen LogP) is 0.763. The first kappa shape index (κ1) is 19.1. The summed E-state index contributed by atoms with van der Waals surface area (Å²) in [6, 6.07) is 3.66. The van der Waals surface area contributed by atoms with Crippen molar-refractivity contribution in [2.24, 2.45) is 5.73 Å². The average Bonchev–Trinajstić information content (AvgIpc) is 2.62. The molecule has 0 bridgehead atoms. The third-order valence-corrected chi connectivity index (χ3v) is 6.54. The van der Waals surface area contributed by atoms with Crippen LogP contribution < -0.4 is 16.0 Å². The maximum absolute atomic E-state index is 12.5. The van der Waals surface area contributed by atoms with Crippen LogP contribution in [0.3, 0.4) is 0 Å². The molecule has 1 aliphatic carbocycles. The van der Waals surface area contributed by atoms with E-state index in [9.17, 15) is 13.2 Å². The fraction of sp³-hybridized carbons (Fsp3) is 0.647. The summed E-state index contributed by atoms with van der Waals surface area (Å²) in [6.07, 6.45) is 7.40. The second kappa shape index (κ2) is 7.50. The summed E-state index contributed by atoms with van der Waals surface area (Å²) in [4.78, 5) is 18.9. The van der Waals surface area contributed by atoms with Crippen LogP contribution >= 0.6 is 0 Å². The molecule has 0 radical (unpaired) electrons. The molecule has 0 atom stereocenters. The Morgan fingerprint density at radius 1 is 1.15 bits per heavy atom. The largest absolute Gasteiger partial charge is 0.354 e. The van der Waals surface area contributed by atoms with Gasteiger partial charge in [-0.15, -0.1) is 0 Å². The average molecular weight is 382 g/mol. The summed E-state index contributed by atoms with van der Waals surface area (Å²) >= 11 is 0. The van der Waals surface area contributed by atoms with Gasteiger partial charge in [0.25, 0.3) is 0 Å². The van der Waals surface area contributed by atoms with Crippen LogP contribution in [0.5, 0.6) is 0 Å². The van der Waals surface area contributed by atoms with Crippen LogP contribution in [0.15, 0.2) is 18.3 Å². The lowest BCUT2D eigenvalue weighted by Gasteiger charge is -2.34. The minimum atomic E-state index is -3.14. The Morgan fingerprint density at radius 3 is 2.35 bits per heavy atom. The first-order valence-corrected chi connectivity index (χ1v) is 10.9. The third-order valence-electron chi connectivity index (χ3n) is 5.24. The molecule has 1 saturated heterocycles. The van der Waals surface area contributed by atoms with Crippen LogP contribution in [0.2, 0.25) is 0 Å². The van der Waals surface area contributed by atoms with E-state index in [-0.39, 0.29) is 5.91 Å². The normalized spacial score (nSPS) is 21.4. The number of amides is 1. The van der Waals surface area contributed by atoms with E-state index in [4.69, 9.17) is 5.73 Å². The number of nitrogens with two attached hydrogens (primary N) is 1. The molecule has 0 aromatic carbocycles. The van der Waals surface area contributed by atoms with Gasteiger partial charge in [0.05, 0.1) is 23.7 Å². The van der Waals surface area contributed by atoms with Gasteiger partial charge in [0.1, 0.15) is 5.82 Å². The summed E-state index contributed by atoms with van der Waals surface area (Å²) < 4.78 is 24.6. The molecule has 1 saturated carbocycles. The van der Waals surface area contributed by atoms with Gasteiger partial charge in [0.15, 0.2) is 0 Å². The van der Waals surface area contributed by atoms with Crippen LogP contribution in [-0.4, -0.2) is 61.6 Å². The van der Waals surface area contributed by atoms with Crippen LogP contribution in [0.1, 0.15) is 32.1 Å². The molecule has 1 aromatic rings. The number of nitrogens with zero attached hydrogens (tertiary/aromatic N) is 3. The van der Waals surface area contributed by atoms with E-state index in [1.54, 1.807) is 6.20 Å². The molecule has 3 N–H and O–H groups in total. The highest BCUT2D eigenvalue weighted by atomic mass is 32.2. The minimum Gasteiger partial charge on any atom is -0.354 e. The minimum absolute atomic E-state index is 0.145. The van der Waals surface area contributed by atoms with Gasteiger partial charge in [-0.2, -0.15) is 4.31 Å². The molecule has 144 valence electrons. The molecule has 0 unspecified atom stereocenters. The molecular weight excluding hydrogens is 354 g/mol. The summed E-state index contributed by atoms with van der Waals surface area (Å²) in [5, 5.41) is 2.88. The smallest absolute Gasteiger partial charge is 0.244 e. The second-order valence-corrected chi connectivity index (χ2v) is 9.21. The van der Waals surface area contributed by atoms with Crippen LogP contribution in [0.4, 0.5) is 11.5 Å². The Labute approximate surface area is 154 Å². The molecule has 0 spiro atoms. The van der Waals surface area contributed by atoms with Crippen molar-refractivity contribution in [3.05, 3.63) is 18.3 Å². The van der Waals surface area contributed by atoms with E-state index in [1.165, 1.54) is 10.6 Å². The molecule has 8 nitrogen and oxygen atoms in total. The number of aromatic nitrogens is 1. The van der Waals surface area contributed by atoms with E-state index >= 15 is 0 Å². The van der Waals surface area contributed by atoms with E-state index in [0.717, 1.165) is 37.9 Å². The standard InChI is InChI=1S/C17H27N5O3S/c1-26(24,25)22-11-9-21(10-12-22)15-6-5-14(13-19-15)20-16(23)17(18)7-3-2-4-8-17/h5-6,13H,2-4,7-12,18H2,1H3,(H,20,23). The Balaban J connectivity index is 1.58. The number of pyridine rings is 1. The number of rotatable bonds is 4. The van der Waals surface area contributed by atoms with Gasteiger partial charge < -0.3 is 16.0 Å². The molecule has 1 aliphatic heterocycles. The Hall–Kier alpha value is -1.71. The highest BCUT2D eigenvalue weighted by Gasteiger charge is 2.35. The van der Waals surface area contributed by atoms with Gasteiger partial charge in [0.2, 0.25) is 15.9 Å². The summed E-state index contributed by atoms with van der Waals surface area (Å²) in [5.41, 5.74) is 6.10. The number of anilines is 2. The zero-order chi connectivity index (χ0) is 18.8. The Kier molecular flexibility index (Phi) is 5.50. The van der Waals surface area contributed by atoms with Gasteiger partial charge in [-0.05, 0) is 25.0 Å². The third kappa shape index (κ3) is 4.33. The number of nitrogens with one attached hydrogen (secondary N) is 1. The molecule has 1 aromatic heterocycles. The first-order chi connectivity index (χ1) is 12.3. The number of carbonyl (C=O) groups excluding carboxylic acids is 1. The Morgan fingerprint density at radius 2 is 1.81 bits per heavy atom. The molecular formula is C17H27N5O3S. The van der Waals surface area contributed by atoms with Crippen LogP contribution in [0, 0.1) is 0 Å². The van der Waals surface area contributed by atoms with Gasteiger partial charge in [-0.25, -0.2) is 13.4 Å². The SMILES string of the molecule is CS(=O)(=O)N1CCN(c2ccc(NC(=O)C3(N)CCCCC3)cn2)CC1. The summed E-state index contributed by atoms with van der Waals surface area (Å²) in [6.45, 7) is 2.10. The molecule has 3 rings (SSSR count). The number of carbonyl (C=O) groups is 1. The van der Waals surface area contributed by atoms with E-state index in [1.807, 2.05) is 17.0 Å². The van der Waals surface area contributed by atoms with Crippen LogP contribution in [0.25, 0.3) is 0 Å². The lowest BCUT2D eigenvalue weighted by molar-refractivity contribution is -0.122. The second-order valence-electron chi connectivity index (χ2n) is 7.23.